The molecule has 0 heterocycles. The molecule has 188 valence electrons. The number of methoxy groups -OCH3 is 1. The topological polar surface area (TPSA) is 38.3 Å². The summed E-state index contributed by atoms with van der Waals surface area (Å²) >= 11 is 12.9. The Kier molecular flexibility index (Phi) is 8.77. The smallest absolute Gasteiger partial charge is 0.337 e. The highest BCUT2D eigenvalue weighted by molar-refractivity contribution is 6.36. The van der Waals surface area contributed by atoms with Crippen molar-refractivity contribution in [1.82, 2.24) is 0 Å². The first-order valence-electron chi connectivity index (χ1n) is 12.7. The molecule has 0 fully saturated rings. The summed E-state index contributed by atoms with van der Waals surface area (Å²) in [4.78, 5) is 12.2. The van der Waals surface area contributed by atoms with E-state index in [2.05, 4.69) is 43.4 Å². The van der Waals surface area contributed by atoms with Gasteiger partial charge in [0.2, 0.25) is 0 Å². The maximum absolute atomic E-state index is 12.2. The Morgan fingerprint density at radius 3 is 2.39 bits per heavy atom. The third-order valence-electron chi connectivity index (χ3n) is 6.90. The van der Waals surface area contributed by atoms with Gasteiger partial charge in [0, 0.05) is 21.8 Å². The lowest BCUT2D eigenvalue weighted by Gasteiger charge is -2.20. The number of aryl methyl sites for hydroxylation is 1. The molecular formula is C31H33Cl2NO2. The van der Waals surface area contributed by atoms with Crippen LogP contribution < -0.4 is 5.32 Å². The number of hydrogen-bond acceptors (Lipinski definition) is 3. The number of anilines is 1. The second kappa shape index (κ2) is 12.0. The Hall–Kier alpha value is -2.75. The molecule has 0 aromatic heterocycles. The van der Waals surface area contributed by atoms with Crippen LogP contribution in [0.2, 0.25) is 10.0 Å². The van der Waals surface area contributed by atoms with Gasteiger partial charge in [-0.1, -0.05) is 67.7 Å². The van der Waals surface area contributed by atoms with E-state index < -0.39 is 0 Å². The van der Waals surface area contributed by atoms with Crippen molar-refractivity contribution in [2.75, 3.05) is 12.4 Å². The van der Waals surface area contributed by atoms with Gasteiger partial charge in [-0.05, 0) is 102 Å². The molecule has 1 aliphatic carbocycles. The Morgan fingerprint density at radius 1 is 0.972 bits per heavy atom. The van der Waals surface area contributed by atoms with Crippen LogP contribution in [-0.4, -0.2) is 19.1 Å². The van der Waals surface area contributed by atoms with Crippen LogP contribution in [0.3, 0.4) is 0 Å². The maximum Gasteiger partial charge on any atom is 0.337 e. The molecule has 0 aliphatic heterocycles. The number of allylic oxidation sites excluding steroid dienone is 1. The van der Waals surface area contributed by atoms with E-state index in [9.17, 15) is 4.79 Å². The summed E-state index contributed by atoms with van der Waals surface area (Å²) in [5.74, 6) is -0.318. The zero-order valence-electron chi connectivity index (χ0n) is 21.2. The number of rotatable bonds is 8. The van der Waals surface area contributed by atoms with E-state index in [1.54, 1.807) is 6.07 Å². The van der Waals surface area contributed by atoms with Crippen molar-refractivity contribution < 1.29 is 9.53 Å². The fourth-order valence-electron chi connectivity index (χ4n) is 5.06. The second-order valence-corrected chi connectivity index (χ2v) is 10.2. The molecule has 4 rings (SSSR count). The monoisotopic (exact) mass is 521 g/mol. The van der Waals surface area contributed by atoms with E-state index in [1.165, 1.54) is 12.7 Å². The molecule has 36 heavy (non-hydrogen) atoms. The van der Waals surface area contributed by atoms with Gasteiger partial charge in [0.25, 0.3) is 0 Å². The summed E-state index contributed by atoms with van der Waals surface area (Å²) in [5, 5.41) is 4.94. The first-order chi connectivity index (χ1) is 17.4. The van der Waals surface area contributed by atoms with Crippen LogP contribution in [0.1, 0.15) is 78.6 Å². The van der Waals surface area contributed by atoms with Gasteiger partial charge in [-0.2, -0.15) is 0 Å². The van der Waals surface area contributed by atoms with Gasteiger partial charge in [-0.15, -0.1) is 0 Å². The highest BCUT2D eigenvalue weighted by Gasteiger charge is 2.23. The molecule has 3 aromatic carbocycles. The van der Waals surface area contributed by atoms with Crippen LogP contribution in [0, 0.1) is 0 Å². The molecule has 3 nitrogen and oxygen atoms in total. The zero-order valence-corrected chi connectivity index (χ0v) is 22.7. The van der Waals surface area contributed by atoms with Crippen molar-refractivity contribution in [2.45, 2.75) is 58.4 Å². The van der Waals surface area contributed by atoms with Gasteiger partial charge in [-0.3, -0.25) is 0 Å². The molecule has 1 atom stereocenters. The third kappa shape index (κ3) is 5.79. The molecule has 0 spiro atoms. The van der Waals surface area contributed by atoms with E-state index in [0.717, 1.165) is 72.0 Å². The van der Waals surface area contributed by atoms with E-state index >= 15 is 0 Å². The lowest BCUT2D eigenvalue weighted by Crippen LogP contribution is -2.17. The summed E-state index contributed by atoms with van der Waals surface area (Å²) in [7, 11) is 1.42. The van der Waals surface area contributed by atoms with Crippen molar-refractivity contribution in [1.29, 1.82) is 0 Å². The van der Waals surface area contributed by atoms with Gasteiger partial charge in [0.1, 0.15) is 0 Å². The Morgan fingerprint density at radius 2 is 1.72 bits per heavy atom. The number of carbonyl (C=O) groups excluding carboxylic acids is 1. The maximum atomic E-state index is 12.2. The van der Waals surface area contributed by atoms with Gasteiger partial charge < -0.3 is 10.1 Å². The van der Waals surface area contributed by atoms with Crippen LogP contribution >= 0.6 is 23.2 Å². The Balaban J connectivity index is 1.85. The molecule has 0 bridgehead atoms. The minimum absolute atomic E-state index is 0.318. The fourth-order valence-corrected chi connectivity index (χ4v) is 5.58. The minimum Gasteiger partial charge on any atom is -0.465 e. The molecular weight excluding hydrogens is 489 g/mol. The molecule has 0 amide bonds. The van der Waals surface area contributed by atoms with Crippen LogP contribution in [0.4, 0.5) is 5.69 Å². The van der Waals surface area contributed by atoms with Crippen molar-refractivity contribution >= 4 is 46.0 Å². The number of hydrogen-bond donors (Lipinski definition) is 1. The standard InChI is InChI=1S/C31H33Cl2NO2/c1-4-7-24(5-2)34-25-14-10-20(11-15-25)30-26-16-12-22(31(35)36-3)18-21(26)8-6-9-28(30)27-17-13-23(32)19-29(27)33/h10-19,24,34H,4-9H2,1-3H3. The quantitative estimate of drug-likeness (QED) is 0.300. The van der Waals surface area contributed by atoms with E-state index in [-0.39, 0.29) is 5.97 Å². The fraction of sp³-hybridized carbons (Fsp3) is 0.323. The predicted molar refractivity (Wildman–Crippen MR) is 152 cm³/mol. The first kappa shape index (κ1) is 26.3. The predicted octanol–water partition coefficient (Wildman–Crippen LogP) is 9.07. The number of nitrogens with one attached hydrogen (secondary N) is 1. The lowest BCUT2D eigenvalue weighted by atomic mass is 9.87. The van der Waals surface area contributed by atoms with Gasteiger partial charge in [0.15, 0.2) is 0 Å². The Labute approximate surface area is 224 Å². The highest BCUT2D eigenvalue weighted by Crippen LogP contribution is 2.42. The van der Waals surface area contributed by atoms with Crippen molar-refractivity contribution in [3.8, 4) is 0 Å². The molecule has 1 unspecified atom stereocenters. The second-order valence-electron chi connectivity index (χ2n) is 9.31. The van der Waals surface area contributed by atoms with Crippen LogP contribution in [-0.2, 0) is 11.2 Å². The summed E-state index contributed by atoms with van der Waals surface area (Å²) in [5.41, 5.74) is 8.43. The highest BCUT2D eigenvalue weighted by atomic mass is 35.5. The number of halogens is 2. The van der Waals surface area contributed by atoms with Crippen LogP contribution in [0.25, 0.3) is 11.1 Å². The molecule has 0 saturated heterocycles. The number of fused-ring (bicyclic) bond motifs is 1. The molecule has 0 saturated carbocycles. The minimum atomic E-state index is -0.318. The SMILES string of the molecule is CCCC(CC)Nc1ccc(C2=C(c3ccc(Cl)cc3Cl)CCCc3cc(C(=O)OC)ccc32)cc1. The van der Waals surface area contributed by atoms with E-state index in [0.29, 0.717) is 21.7 Å². The number of ether oxygens (including phenoxy) is 1. The van der Waals surface area contributed by atoms with Crippen molar-refractivity contribution in [2.24, 2.45) is 0 Å². The molecule has 1 N–H and O–H groups in total. The Bertz CT molecular complexity index is 1260. The van der Waals surface area contributed by atoms with Gasteiger partial charge >= 0.3 is 5.97 Å². The van der Waals surface area contributed by atoms with E-state index in [4.69, 9.17) is 27.9 Å². The number of esters is 1. The average molecular weight is 523 g/mol. The first-order valence-corrected chi connectivity index (χ1v) is 13.5. The largest absolute Gasteiger partial charge is 0.465 e. The number of benzene rings is 3. The average Bonchev–Trinajstić information content (AvgIpc) is 3.07. The van der Waals surface area contributed by atoms with Gasteiger partial charge in [0.05, 0.1) is 12.7 Å². The van der Waals surface area contributed by atoms with Crippen LogP contribution in [0.5, 0.6) is 0 Å². The van der Waals surface area contributed by atoms with Crippen LogP contribution in [0.15, 0.2) is 60.7 Å². The zero-order chi connectivity index (χ0) is 25.7. The molecule has 1 aliphatic rings. The van der Waals surface area contributed by atoms with Gasteiger partial charge in [-0.25, -0.2) is 4.79 Å². The van der Waals surface area contributed by atoms with E-state index in [1.807, 2.05) is 30.3 Å². The van der Waals surface area contributed by atoms with Crippen molar-refractivity contribution in [3.05, 3.63) is 98.5 Å². The summed E-state index contributed by atoms with van der Waals surface area (Å²) < 4.78 is 4.97. The molecule has 0 radical (unpaired) electrons. The summed E-state index contributed by atoms with van der Waals surface area (Å²) in [6, 6.07) is 20.7. The number of carbonyl (C=O) groups is 1. The van der Waals surface area contributed by atoms with Crippen molar-refractivity contribution in [3.63, 3.8) is 0 Å². The molecule has 3 aromatic rings. The summed E-state index contributed by atoms with van der Waals surface area (Å²) in [6.45, 7) is 4.44. The molecule has 5 heteroatoms. The lowest BCUT2D eigenvalue weighted by molar-refractivity contribution is 0.0600. The third-order valence-corrected chi connectivity index (χ3v) is 7.45. The normalized spacial score (nSPS) is 14.1. The summed E-state index contributed by atoms with van der Waals surface area (Å²) in [6.07, 6.45) is 6.09.